The van der Waals surface area contributed by atoms with Gasteiger partial charge in [0, 0.05) is 23.5 Å². The molecule has 0 saturated carbocycles. The van der Waals surface area contributed by atoms with Crippen molar-refractivity contribution in [1.29, 1.82) is 0 Å². The van der Waals surface area contributed by atoms with Crippen LogP contribution in [0.4, 0.5) is 15.8 Å². The van der Waals surface area contributed by atoms with Gasteiger partial charge in [0.1, 0.15) is 11.9 Å². The Balaban J connectivity index is 1.55. The molecule has 0 aliphatic carbocycles. The molecule has 3 aromatic rings. The van der Waals surface area contributed by atoms with E-state index in [4.69, 9.17) is 10.9 Å². The van der Waals surface area contributed by atoms with Crippen LogP contribution >= 0.6 is 0 Å². The molecule has 1 atom stereocenters. The first-order chi connectivity index (χ1) is 16.4. The number of rotatable bonds is 9. The minimum Gasteiger partial charge on any atom is -0.376 e. The van der Waals surface area contributed by atoms with Gasteiger partial charge in [-0.1, -0.05) is 24.3 Å². The molecule has 0 radical (unpaired) electrons. The van der Waals surface area contributed by atoms with Gasteiger partial charge in [-0.25, -0.2) is 9.87 Å². The van der Waals surface area contributed by atoms with Crippen LogP contribution in [0.1, 0.15) is 10.4 Å². The summed E-state index contributed by atoms with van der Waals surface area (Å²) in [5.74, 6) is -1.90. The lowest BCUT2D eigenvalue weighted by molar-refractivity contribution is -0.130. The first kappa shape index (κ1) is 24.4. The van der Waals surface area contributed by atoms with E-state index in [2.05, 4.69) is 16.0 Å². The number of hydrogen-bond acceptors (Lipinski definition) is 6. The number of anilines is 2. The SMILES string of the molecule is NC[C@H](NC(=O)c1ccc(-c2ccc(NC(=O)CNc3ccc(F)cc3)cc2)cc1)C(=O)NO. The zero-order valence-corrected chi connectivity index (χ0v) is 18.0. The molecule has 0 aromatic heterocycles. The van der Waals surface area contributed by atoms with Gasteiger partial charge in [0.25, 0.3) is 11.8 Å². The highest BCUT2D eigenvalue weighted by atomic mass is 19.1. The molecule has 0 aliphatic heterocycles. The van der Waals surface area contributed by atoms with Crippen molar-refractivity contribution in [2.45, 2.75) is 6.04 Å². The van der Waals surface area contributed by atoms with Crippen LogP contribution in [0.25, 0.3) is 11.1 Å². The summed E-state index contributed by atoms with van der Waals surface area (Å²) in [6, 6.07) is 18.5. The number of carbonyl (C=O) groups is 3. The second-order valence-electron chi connectivity index (χ2n) is 7.30. The Bertz CT molecular complexity index is 1140. The van der Waals surface area contributed by atoms with Crippen LogP contribution < -0.4 is 27.2 Å². The Hall–Kier alpha value is -4.28. The quantitative estimate of drug-likeness (QED) is 0.211. The van der Waals surface area contributed by atoms with Gasteiger partial charge < -0.3 is 21.7 Å². The summed E-state index contributed by atoms with van der Waals surface area (Å²) in [4.78, 5) is 35.9. The van der Waals surface area contributed by atoms with Crippen LogP contribution in [0.15, 0.2) is 72.8 Å². The minimum atomic E-state index is -1.05. The summed E-state index contributed by atoms with van der Waals surface area (Å²) in [6.45, 7) is -0.136. The van der Waals surface area contributed by atoms with Crippen molar-refractivity contribution in [2.24, 2.45) is 5.73 Å². The third kappa shape index (κ3) is 6.61. The fourth-order valence-corrected chi connectivity index (χ4v) is 3.07. The van der Waals surface area contributed by atoms with E-state index in [-0.39, 0.29) is 24.8 Å². The lowest BCUT2D eigenvalue weighted by Crippen LogP contribution is -2.50. The fraction of sp³-hybridized carbons (Fsp3) is 0.125. The molecule has 3 amide bonds. The summed E-state index contributed by atoms with van der Waals surface area (Å²) in [6.07, 6.45) is 0. The maximum atomic E-state index is 12.9. The van der Waals surface area contributed by atoms with Crippen LogP contribution in [-0.2, 0) is 9.59 Å². The number of carbonyl (C=O) groups excluding carboxylic acids is 3. The molecular formula is C24H24FN5O4. The molecule has 9 nitrogen and oxygen atoms in total. The Kier molecular flexibility index (Phi) is 8.27. The normalized spacial score (nSPS) is 11.3. The van der Waals surface area contributed by atoms with Gasteiger partial charge >= 0.3 is 0 Å². The third-order valence-electron chi connectivity index (χ3n) is 4.91. The first-order valence-electron chi connectivity index (χ1n) is 10.3. The maximum Gasteiger partial charge on any atom is 0.267 e. The Morgan fingerprint density at radius 1 is 0.853 bits per heavy atom. The van der Waals surface area contributed by atoms with Crippen molar-refractivity contribution in [3.63, 3.8) is 0 Å². The molecule has 0 unspecified atom stereocenters. The summed E-state index contributed by atoms with van der Waals surface area (Å²) in [5.41, 5.74) is 10.2. The number of halogens is 1. The summed E-state index contributed by atoms with van der Waals surface area (Å²) in [5, 5.41) is 16.8. The highest BCUT2D eigenvalue weighted by Crippen LogP contribution is 2.22. The zero-order chi connectivity index (χ0) is 24.5. The van der Waals surface area contributed by atoms with Gasteiger partial charge in [-0.3, -0.25) is 19.6 Å². The van der Waals surface area contributed by atoms with E-state index in [1.54, 1.807) is 48.5 Å². The van der Waals surface area contributed by atoms with Crippen LogP contribution in [-0.4, -0.2) is 42.1 Å². The molecule has 3 rings (SSSR count). The Morgan fingerprint density at radius 3 is 1.97 bits per heavy atom. The van der Waals surface area contributed by atoms with Crippen molar-refractivity contribution in [1.82, 2.24) is 10.8 Å². The number of benzene rings is 3. The van der Waals surface area contributed by atoms with Crippen LogP contribution in [0.2, 0.25) is 0 Å². The van der Waals surface area contributed by atoms with Gasteiger partial charge in [0.15, 0.2) is 0 Å². The van der Waals surface area contributed by atoms with E-state index in [0.29, 0.717) is 16.9 Å². The van der Waals surface area contributed by atoms with E-state index in [1.807, 2.05) is 12.1 Å². The largest absolute Gasteiger partial charge is 0.376 e. The second kappa shape index (κ2) is 11.5. The highest BCUT2D eigenvalue weighted by molar-refractivity contribution is 5.98. The molecule has 7 N–H and O–H groups in total. The summed E-state index contributed by atoms with van der Waals surface area (Å²) < 4.78 is 12.9. The van der Waals surface area contributed by atoms with Crippen molar-refractivity contribution in [3.8, 4) is 11.1 Å². The molecule has 0 bridgehead atoms. The van der Waals surface area contributed by atoms with E-state index in [9.17, 15) is 18.8 Å². The number of hydrogen-bond donors (Lipinski definition) is 6. The smallest absolute Gasteiger partial charge is 0.267 e. The highest BCUT2D eigenvalue weighted by Gasteiger charge is 2.19. The van der Waals surface area contributed by atoms with Gasteiger partial charge in [-0.2, -0.15) is 0 Å². The lowest BCUT2D eigenvalue weighted by atomic mass is 10.0. The first-order valence-corrected chi connectivity index (χ1v) is 10.3. The number of nitrogens with two attached hydrogens (primary N) is 1. The van der Waals surface area contributed by atoms with Gasteiger partial charge in [-0.05, 0) is 59.7 Å². The number of amides is 3. The Morgan fingerprint density at radius 2 is 1.41 bits per heavy atom. The molecule has 34 heavy (non-hydrogen) atoms. The van der Waals surface area contributed by atoms with E-state index in [1.165, 1.54) is 17.6 Å². The topological polar surface area (TPSA) is 146 Å². The number of nitrogens with one attached hydrogen (secondary N) is 4. The Labute approximate surface area is 195 Å². The molecule has 10 heteroatoms. The lowest BCUT2D eigenvalue weighted by Gasteiger charge is -2.14. The molecule has 0 fully saturated rings. The van der Waals surface area contributed by atoms with Crippen LogP contribution in [0, 0.1) is 5.82 Å². The zero-order valence-electron chi connectivity index (χ0n) is 18.0. The molecule has 0 aliphatic rings. The van der Waals surface area contributed by atoms with Crippen molar-refractivity contribution in [2.75, 3.05) is 23.7 Å². The minimum absolute atomic E-state index is 0.0297. The molecule has 3 aromatic carbocycles. The maximum absolute atomic E-state index is 12.9. The average molecular weight is 465 g/mol. The molecule has 0 spiro atoms. The summed E-state index contributed by atoms with van der Waals surface area (Å²) >= 11 is 0. The van der Waals surface area contributed by atoms with Crippen LogP contribution in [0.3, 0.4) is 0 Å². The van der Waals surface area contributed by atoms with E-state index in [0.717, 1.165) is 11.1 Å². The standard InChI is InChI=1S/C24H24FN5O4/c25-18-7-11-19(12-8-18)27-14-22(31)28-20-9-5-16(6-10-20)15-1-3-17(4-2-15)23(32)29-21(13-26)24(33)30-34/h1-12,21,27,34H,13-14,26H2,(H,28,31)(H,29,32)(H,30,33)/t21-/m0/s1. The van der Waals surface area contributed by atoms with E-state index >= 15 is 0 Å². The van der Waals surface area contributed by atoms with Gasteiger partial charge in [-0.15, -0.1) is 0 Å². The monoisotopic (exact) mass is 465 g/mol. The predicted octanol–water partition coefficient (Wildman–Crippen LogP) is 2.11. The molecule has 176 valence electrons. The summed E-state index contributed by atoms with van der Waals surface area (Å²) in [7, 11) is 0. The van der Waals surface area contributed by atoms with Gasteiger partial charge in [0.05, 0.1) is 6.54 Å². The van der Waals surface area contributed by atoms with Crippen molar-refractivity contribution < 1.29 is 24.0 Å². The molecule has 0 heterocycles. The second-order valence-corrected chi connectivity index (χ2v) is 7.30. The third-order valence-corrected chi connectivity index (χ3v) is 4.91. The fourth-order valence-electron chi connectivity index (χ4n) is 3.07. The van der Waals surface area contributed by atoms with Crippen molar-refractivity contribution in [3.05, 3.63) is 84.2 Å². The van der Waals surface area contributed by atoms with Crippen LogP contribution in [0.5, 0.6) is 0 Å². The average Bonchev–Trinajstić information content (AvgIpc) is 2.87. The molecule has 0 saturated heterocycles. The predicted molar refractivity (Wildman–Crippen MR) is 126 cm³/mol. The number of hydroxylamine groups is 1. The molecular weight excluding hydrogens is 441 g/mol. The van der Waals surface area contributed by atoms with Crippen molar-refractivity contribution >= 4 is 29.1 Å². The van der Waals surface area contributed by atoms with E-state index < -0.39 is 17.9 Å². The van der Waals surface area contributed by atoms with Gasteiger partial charge in [0.2, 0.25) is 5.91 Å².